The molecule has 0 bridgehead atoms. The third-order valence-electron chi connectivity index (χ3n) is 3.16. The molecule has 1 fully saturated rings. The molecule has 1 aliphatic rings. The van der Waals surface area contributed by atoms with Crippen LogP contribution in [0.4, 0.5) is 27.9 Å². The van der Waals surface area contributed by atoms with E-state index in [4.69, 9.17) is 9.90 Å². The predicted octanol–water partition coefficient (Wildman–Crippen LogP) is 2.08. The number of halogens is 5. The van der Waals surface area contributed by atoms with Gasteiger partial charge < -0.3 is 15.7 Å². The highest BCUT2D eigenvalue weighted by Crippen LogP contribution is 2.29. The van der Waals surface area contributed by atoms with Crippen LogP contribution in [0, 0.1) is 12.8 Å². The molecule has 1 aliphatic heterocycles. The third-order valence-corrected chi connectivity index (χ3v) is 3.16. The van der Waals surface area contributed by atoms with Gasteiger partial charge in [-0.2, -0.15) is 13.2 Å². The number of aliphatic carboxylic acids is 1. The molecule has 3 N–H and O–H groups in total. The second-order valence-electron chi connectivity index (χ2n) is 5.19. The van der Waals surface area contributed by atoms with Crippen LogP contribution in [-0.4, -0.2) is 52.8 Å². The number of anilines is 1. The van der Waals surface area contributed by atoms with Crippen LogP contribution in [0.15, 0.2) is 12.4 Å². The van der Waals surface area contributed by atoms with Gasteiger partial charge in [0.05, 0.1) is 6.54 Å². The van der Waals surface area contributed by atoms with Crippen molar-refractivity contribution in [2.24, 2.45) is 5.92 Å². The van der Waals surface area contributed by atoms with Gasteiger partial charge in [-0.15, -0.1) is 0 Å². The van der Waals surface area contributed by atoms with Gasteiger partial charge in [-0.1, -0.05) is 0 Å². The molecule has 2 rings (SSSR count). The first-order chi connectivity index (χ1) is 11.0. The van der Waals surface area contributed by atoms with Crippen LogP contribution in [-0.2, 0) is 4.79 Å². The summed E-state index contributed by atoms with van der Waals surface area (Å²) in [7, 11) is 0. The van der Waals surface area contributed by atoms with Gasteiger partial charge in [-0.3, -0.25) is 0 Å². The first kappa shape index (κ1) is 20.0. The maximum atomic E-state index is 13.5. The van der Waals surface area contributed by atoms with Crippen LogP contribution in [0.2, 0.25) is 0 Å². The van der Waals surface area contributed by atoms with E-state index in [0.717, 1.165) is 5.56 Å². The first-order valence-corrected chi connectivity index (χ1v) is 6.93. The van der Waals surface area contributed by atoms with Gasteiger partial charge in [0.2, 0.25) is 5.95 Å². The van der Waals surface area contributed by atoms with Gasteiger partial charge >= 0.3 is 12.1 Å². The highest BCUT2D eigenvalue weighted by molar-refractivity contribution is 5.73. The fourth-order valence-corrected chi connectivity index (χ4v) is 1.84. The minimum absolute atomic E-state index is 0.206. The Balaban J connectivity index is 0.000000351. The smallest absolute Gasteiger partial charge is 0.475 e. The maximum absolute atomic E-state index is 13.5. The molecule has 0 spiro atoms. The summed E-state index contributed by atoms with van der Waals surface area (Å²) in [4.78, 5) is 17.0. The molecule has 0 amide bonds. The number of carbonyl (C=O) groups is 1. The second-order valence-corrected chi connectivity index (χ2v) is 5.19. The Bertz CT molecular complexity index is 536. The van der Waals surface area contributed by atoms with Gasteiger partial charge in [-0.25, -0.2) is 23.5 Å². The number of nitrogens with zero attached hydrogens (tertiary/aromatic N) is 2. The lowest BCUT2D eigenvalue weighted by molar-refractivity contribution is -0.192. The van der Waals surface area contributed by atoms with Crippen LogP contribution in [0.1, 0.15) is 12.0 Å². The average Bonchev–Trinajstić information content (AvgIpc) is 2.47. The second kappa shape index (κ2) is 8.18. The molecule has 24 heavy (non-hydrogen) atoms. The van der Waals surface area contributed by atoms with Crippen molar-refractivity contribution in [2.75, 3.05) is 25.0 Å². The summed E-state index contributed by atoms with van der Waals surface area (Å²) in [5.74, 6) is -5.67. The maximum Gasteiger partial charge on any atom is 0.490 e. The molecule has 0 saturated carbocycles. The highest BCUT2D eigenvalue weighted by Gasteiger charge is 2.41. The highest BCUT2D eigenvalue weighted by atomic mass is 19.4. The summed E-state index contributed by atoms with van der Waals surface area (Å²) in [6.07, 6.45) is -1.29. The van der Waals surface area contributed by atoms with Crippen molar-refractivity contribution in [3.8, 4) is 0 Å². The van der Waals surface area contributed by atoms with Crippen molar-refractivity contribution in [1.29, 1.82) is 0 Å². The van der Waals surface area contributed by atoms with Gasteiger partial charge in [0.25, 0.3) is 5.92 Å². The van der Waals surface area contributed by atoms with Crippen molar-refractivity contribution in [3.63, 3.8) is 0 Å². The van der Waals surface area contributed by atoms with Crippen molar-refractivity contribution >= 4 is 11.9 Å². The Kier molecular flexibility index (Phi) is 6.81. The molecule has 0 unspecified atom stereocenters. The summed E-state index contributed by atoms with van der Waals surface area (Å²) in [6, 6.07) is 0. The van der Waals surface area contributed by atoms with Crippen LogP contribution in [0.3, 0.4) is 0 Å². The van der Waals surface area contributed by atoms with E-state index in [1.165, 1.54) is 0 Å². The Labute approximate surface area is 134 Å². The van der Waals surface area contributed by atoms with Crippen molar-refractivity contribution in [1.82, 2.24) is 15.3 Å². The number of aryl methyl sites for hydroxylation is 1. The number of carboxylic acids is 1. The summed E-state index contributed by atoms with van der Waals surface area (Å²) >= 11 is 0. The lowest BCUT2D eigenvalue weighted by Gasteiger charge is -2.31. The number of hydrogen-bond acceptors (Lipinski definition) is 5. The number of piperidine rings is 1. The Morgan fingerprint density at radius 1 is 1.42 bits per heavy atom. The van der Waals surface area contributed by atoms with E-state index in [2.05, 4.69) is 20.6 Å². The lowest BCUT2D eigenvalue weighted by atomic mass is 9.94. The number of alkyl halides is 5. The molecule has 2 heterocycles. The summed E-state index contributed by atoms with van der Waals surface area (Å²) in [5.41, 5.74) is 0.947. The van der Waals surface area contributed by atoms with E-state index in [0.29, 0.717) is 18.9 Å². The summed E-state index contributed by atoms with van der Waals surface area (Å²) in [6.45, 7) is 2.48. The molecule has 1 saturated heterocycles. The lowest BCUT2D eigenvalue weighted by Crippen LogP contribution is -2.48. The molecular formula is C13H17F5N4O2. The number of aromatic nitrogens is 2. The largest absolute Gasteiger partial charge is 0.490 e. The fourth-order valence-electron chi connectivity index (χ4n) is 1.84. The van der Waals surface area contributed by atoms with Crippen molar-refractivity contribution < 1.29 is 31.9 Å². The molecule has 6 nitrogen and oxygen atoms in total. The van der Waals surface area contributed by atoms with Gasteiger partial charge in [0, 0.05) is 24.9 Å². The molecule has 1 aromatic rings. The van der Waals surface area contributed by atoms with E-state index in [-0.39, 0.29) is 13.1 Å². The third kappa shape index (κ3) is 6.60. The zero-order chi connectivity index (χ0) is 18.4. The summed E-state index contributed by atoms with van der Waals surface area (Å²) in [5, 5.41) is 12.7. The standard InChI is InChI=1S/C11H16F2N4.C2HF3O2/c1-8-4-15-10(16-5-8)17-6-9-2-3-14-7-11(9,12)13;3-2(4,5)1(6)7/h4-5,9,14H,2-3,6-7H2,1H3,(H,15,16,17);(H,6,7)/t9-;/m1./s1. The molecule has 0 aromatic carbocycles. The van der Waals surface area contributed by atoms with Crippen LogP contribution in [0.25, 0.3) is 0 Å². The van der Waals surface area contributed by atoms with E-state index in [9.17, 15) is 22.0 Å². The Morgan fingerprint density at radius 3 is 2.42 bits per heavy atom. The Hall–Kier alpha value is -2.04. The van der Waals surface area contributed by atoms with Gasteiger partial charge in [-0.05, 0) is 25.5 Å². The zero-order valence-electron chi connectivity index (χ0n) is 12.7. The Morgan fingerprint density at radius 2 is 1.96 bits per heavy atom. The molecule has 0 radical (unpaired) electrons. The van der Waals surface area contributed by atoms with Crippen molar-refractivity contribution in [3.05, 3.63) is 18.0 Å². The first-order valence-electron chi connectivity index (χ1n) is 6.93. The van der Waals surface area contributed by atoms with Crippen LogP contribution < -0.4 is 10.6 Å². The minimum Gasteiger partial charge on any atom is -0.475 e. The number of nitrogens with one attached hydrogen (secondary N) is 2. The SMILES string of the molecule is Cc1cnc(NC[C@H]2CCNCC2(F)F)nc1.O=C(O)C(F)(F)F. The zero-order valence-corrected chi connectivity index (χ0v) is 12.7. The molecule has 11 heteroatoms. The minimum atomic E-state index is -5.08. The molecule has 1 aromatic heterocycles. The number of carboxylic acid groups (broad SMARTS) is 1. The van der Waals surface area contributed by atoms with Crippen LogP contribution in [0.5, 0.6) is 0 Å². The molecule has 0 aliphatic carbocycles. The normalized spacial score (nSPS) is 19.8. The average molecular weight is 356 g/mol. The van der Waals surface area contributed by atoms with E-state index in [1.807, 2.05) is 6.92 Å². The topological polar surface area (TPSA) is 87.1 Å². The molecular weight excluding hydrogens is 339 g/mol. The number of rotatable bonds is 3. The predicted molar refractivity (Wildman–Crippen MR) is 74.9 cm³/mol. The molecule has 136 valence electrons. The van der Waals surface area contributed by atoms with E-state index >= 15 is 0 Å². The van der Waals surface area contributed by atoms with Crippen LogP contribution >= 0.6 is 0 Å². The van der Waals surface area contributed by atoms with Gasteiger partial charge in [0.15, 0.2) is 0 Å². The van der Waals surface area contributed by atoms with E-state index in [1.54, 1.807) is 12.4 Å². The van der Waals surface area contributed by atoms with Crippen molar-refractivity contribution in [2.45, 2.75) is 25.4 Å². The molecule has 1 atom stereocenters. The number of hydrogen-bond donors (Lipinski definition) is 3. The fraction of sp³-hybridized carbons (Fsp3) is 0.615. The van der Waals surface area contributed by atoms with Gasteiger partial charge in [0.1, 0.15) is 0 Å². The quantitative estimate of drug-likeness (QED) is 0.719. The summed E-state index contributed by atoms with van der Waals surface area (Å²) < 4.78 is 58.7. The monoisotopic (exact) mass is 356 g/mol. The van der Waals surface area contributed by atoms with E-state index < -0.39 is 24.0 Å².